The second kappa shape index (κ2) is 6.68. The molecule has 0 aromatic heterocycles. The number of ether oxygens (including phenoxy) is 1. The van der Waals surface area contributed by atoms with E-state index in [0.717, 1.165) is 24.0 Å². The number of fused-ring (bicyclic) bond motifs is 3. The van der Waals surface area contributed by atoms with Crippen LogP contribution >= 0.6 is 0 Å². The van der Waals surface area contributed by atoms with Crippen LogP contribution in [0.3, 0.4) is 0 Å². The van der Waals surface area contributed by atoms with Crippen molar-refractivity contribution in [2.45, 2.75) is 43.4 Å². The summed E-state index contributed by atoms with van der Waals surface area (Å²) < 4.78 is 19.7. The first-order valence-electron chi connectivity index (χ1n) is 10.1. The van der Waals surface area contributed by atoms with E-state index in [-0.39, 0.29) is 29.7 Å². The van der Waals surface area contributed by atoms with Gasteiger partial charge >= 0.3 is 0 Å². The molecule has 2 aromatic rings. The minimum Gasteiger partial charge on any atom is -0.365 e. The molecule has 2 heterocycles. The fourth-order valence-electron chi connectivity index (χ4n) is 5.20. The van der Waals surface area contributed by atoms with Crippen molar-refractivity contribution in [3.63, 3.8) is 0 Å². The van der Waals surface area contributed by atoms with Crippen LogP contribution in [0.15, 0.2) is 48.5 Å². The van der Waals surface area contributed by atoms with Gasteiger partial charge in [-0.2, -0.15) is 0 Å². The van der Waals surface area contributed by atoms with E-state index >= 15 is 0 Å². The van der Waals surface area contributed by atoms with Crippen LogP contribution in [0, 0.1) is 11.7 Å². The fraction of sp³-hybridized carbons (Fsp3) is 0.435. The van der Waals surface area contributed by atoms with E-state index in [1.54, 1.807) is 12.1 Å². The minimum absolute atomic E-state index is 0.0609. The summed E-state index contributed by atoms with van der Waals surface area (Å²) in [7, 11) is 0. The summed E-state index contributed by atoms with van der Waals surface area (Å²) in [6, 6.07) is 14.6. The number of rotatable bonds is 2. The normalized spacial score (nSPS) is 31.5. The third-order valence-electron chi connectivity index (χ3n) is 6.77. The summed E-state index contributed by atoms with van der Waals surface area (Å²) in [5.74, 6) is 0.0531. The Bertz CT molecular complexity index is 900. The molecule has 28 heavy (non-hydrogen) atoms. The number of benzene rings is 2. The molecular formula is C23H25FN2O2. The Labute approximate surface area is 164 Å². The van der Waals surface area contributed by atoms with Crippen molar-refractivity contribution in [3.05, 3.63) is 71.0 Å². The largest absolute Gasteiger partial charge is 0.365 e. The van der Waals surface area contributed by atoms with Crippen LogP contribution < -0.4 is 5.73 Å². The number of carbonyl (C=O) groups is 1. The number of hydrogen-bond acceptors (Lipinski definition) is 3. The molecule has 4 atom stereocenters. The first kappa shape index (κ1) is 17.8. The summed E-state index contributed by atoms with van der Waals surface area (Å²) in [6.07, 6.45) is 3.03. The van der Waals surface area contributed by atoms with Gasteiger partial charge in [0.1, 0.15) is 11.4 Å². The average molecular weight is 380 g/mol. The number of hydrogen-bond donors (Lipinski definition) is 1. The average Bonchev–Trinajstić information content (AvgIpc) is 3.10. The second-order valence-electron chi connectivity index (χ2n) is 8.37. The van der Waals surface area contributed by atoms with Crippen LogP contribution in [0.25, 0.3) is 0 Å². The van der Waals surface area contributed by atoms with Crippen molar-refractivity contribution in [1.29, 1.82) is 0 Å². The Morgan fingerprint density at radius 3 is 2.79 bits per heavy atom. The molecule has 5 heteroatoms. The van der Waals surface area contributed by atoms with Crippen LogP contribution in [-0.2, 0) is 16.0 Å². The molecule has 2 aromatic carbocycles. The minimum atomic E-state index is -0.745. The number of nitrogens with zero attached hydrogens (tertiary/aromatic N) is 1. The molecule has 0 spiro atoms. The van der Waals surface area contributed by atoms with Gasteiger partial charge in [0.05, 0.1) is 12.6 Å². The highest BCUT2D eigenvalue weighted by atomic mass is 19.1. The zero-order valence-electron chi connectivity index (χ0n) is 15.8. The van der Waals surface area contributed by atoms with Crippen LogP contribution in [0.5, 0.6) is 0 Å². The van der Waals surface area contributed by atoms with Crippen molar-refractivity contribution < 1.29 is 13.9 Å². The van der Waals surface area contributed by atoms with Crippen molar-refractivity contribution in [3.8, 4) is 0 Å². The zero-order chi connectivity index (χ0) is 19.3. The van der Waals surface area contributed by atoms with E-state index < -0.39 is 5.60 Å². The molecular weight excluding hydrogens is 355 g/mol. The lowest BCUT2D eigenvalue weighted by molar-refractivity contribution is -0.156. The van der Waals surface area contributed by atoms with E-state index in [9.17, 15) is 9.18 Å². The van der Waals surface area contributed by atoms with Crippen molar-refractivity contribution in [2.75, 3.05) is 13.2 Å². The molecule has 1 unspecified atom stereocenters. The van der Waals surface area contributed by atoms with Crippen LogP contribution in [0.4, 0.5) is 4.39 Å². The molecule has 1 amide bonds. The number of nitrogens with two attached hydrogens (primary N) is 1. The van der Waals surface area contributed by atoms with Gasteiger partial charge in [-0.25, -0.2) is 4.39 Å². The van der Waals surface area contributed by atoms with E-state index in [1.807, 2.05) is 17.0 Å². The molecule has 146 valence electrons. The number of halogens is 1. The van der Waals surface area contributed by atoms with Crippen LogP contribution in [-0.4, -0.2) is 35.6 Å². The fourth-order valence-corrected chi connectivity index (χ4v) is 5.20. The van der Waals surface area contributed by atoms with Gasteiger partial charge in [-0.1, -0.05) is 36.4 Å². The topological polar surface area (TPSA) is 55.6 Å². The number of amides is 1. The summed E-state index contributed by atoms with van der Waals surface area (Å²) in [5.41, 5.74) is 8.76. The maximum atomic E-state index is 13.8. The first-order valence-corrected chi connectivity index (χ1v) is 10.1. The van der Waals surface area contributed by atoms with Gasteiger partial charge in [0.2, 0.25) is 0 Å². The maximum Gasteiger partial charge on any atom is 0.255 e. The lowest BCUT2D eigenvalue weighted by atomic mass is 9.76. The van der Waals surface area contributed by atoms with Crippen LogP contribution in [0.1, 0.15) is 42.0 Å². The highest BCUT2D eigenvalue weighted by Gasteiger charge is 2.54. The molecule has 0 radical (unpaired) electrons. The third-order valence-corrected chi connectivity index (χ3v) is 6.77. The Hall–Kier alpha value is -2.24. The Kier molecular flexibility index (Phi) is 4.25. The Morgan fingerprint density at radius 2 is 1.96 bits per heavy atom. The van der Waals surface area contributed by atoms with Crippen molar-refractivity contribution in [1.82, 2.24) is 4.90 Å². The standard InChI is InChI=1S/C23H25FN2O2/c24-18-7-5-16(6-8-18)21-19-4-2-1-3-15(19)10-12-26(21)22(27)23-11-9-20(25)17(13-23)14-28-23/h1-8,17,20-21H,9-14,25H2/t17-,20?,21+,23-/m0/s1. The molecule has 2 bridgehead atoms. The highest BCUT2D eigenvalue weighted by Crippen LogP contribution is 2.45. The molecule has 2 N–H and O–H groups in total. The first-order chi connectivity index (χ1) is 13.6. The molecule has 2 fully saturated rings. The van der Waals surface area contributed by atoms with Crippen LogP contribution in [0.2, 0.25) is 0 Å². The maximum absolute atomic E-state index is 13.8. The molecule has 1 saturated heterocycles. The van der Waals surface area contributed by atoms with Crippen molar-refractivity contribution >= 4 is 5.91 Å². The van der Waals surface area contributed by atoms with E-state index in [2.05, 4.69) is 12.1 Å². The molecule has 5 rings (SSSR count). The quantitative estimate of drug-likeness (QED) is 0.871. The van der Waals surface area contributed by atoms with Gasteiger partial charge < -0.3 is 15.4 Å². The molecule has 4 nitrogen and oxygen atoms in total. The summed E-state index contributed by atoms with van der Waals surface area (Å²) in [5, 5.41) is 0. The van der Waals surface area contributed by atoms with Gasteiger partial charge in [0, 0.05) is 18.5 Å². The van der Waals surface area contributed by atoms with Gasteiger partial charge in [-0.3, -0.25) is 4.79 Å². The summed E-state index contributed by atoms with van der Waals surface area (Å²) >= 11 is 0. The summed E-state index contributed by atoms with van der Waals surface area (Å²) in [4.78, 5) is 15.7. The van der Waals surface area contributed by atoms with Crippen molar-refractivity contribution in [2.24, 2.45) is 11.7 Å². The molecule has 2 aliphatic heterocycles. The Balaban J connectivity index is 1.54. The Morgan fingerprint density at radius 1 is 1.18 bits per heavy atom. The van der Waals surface area contributed by atoms with Gasteiger partial charge in [-0.05, 0) is 54.5 Å². The SMILES string of the molecule is NC1CC[C@@]2(C(=O)N3CCc4ccccc4[C@H]3c3ccc(F)cc3)C[C@H]1CO2. The van der Waals surface area contributed by atoms with Gasteiger partial charge in [0.25, 0.3) is 5.91 Å². The predicted molar refractivity (Wildman–Crippen MR) is 104 cm³/mol. The van der Waals surface area contributed by atoms with E-state index in [1.165, 1.54) is 17.7 Å². The van der Waals surface area contributed by atoms with Gasteiger partial charge in [0.15, 0.2) is 0 Å². The highest BCUT2D eigenvalue weighted by molar-refractivity contribution is 5.87. The zero-order valence-corrected chi connectivity index (χ0v) is 15.8. The smallest absolute Gasteiger partial charge is 0.255 e. The van der Waals surface area contributed by atoms with E-state index in [4.69, 9.17) is 10.5 Å². The van der Waals surface area contributed by atoms with E-state index in [0.29, 0.717) is 26.0 Å². The lowest BCUT2D eigenvalue weighted by Gasteiger charge is -2.43. The lowest BCUT2D eigenvalue weighted by Crippen LogP contribution is -2.54. The monoisotopic (exact) mass is 380 g/mol. The third kappa shape index (κ3) is 2.76. The second-order valence-corrected chi connectivity index (χ2v) is 8.37. The number of carbonyl (C=O) groups excluding carboxylic acids is 1. The predicted octanol–water partition coefficient (Wildman–Crippen LogP) is 3.20. The molecule has 1 aliphatic carbocycles. The molecule has 1 saturated carbocycles. The summed E-state index contributed by atoms with van der Waals surface area (Å²) in [6.45, 7) is 1.21. The molecule has 3 aliphatic rings. The van der Waals surface area contributed by atoms with Gasteiger partial charge in [-0.15, -0.1) is 0 Å².